The summed E-state index contributed by atoms with van der Waals surface area (Å²) in [6.45, 7) is -0.906. The van der Waals surface area contributed by atoms with Crippen LogP contribution in [0.3, 0.4) is 0 Å². The molecule has 3 nitrogen and oxygen atoms in total. The molecule has 0 amide bonds. The van der Waals surface area contributed by atoms with Crippen LogP contribution in [0.2, 0.25) is 0 Å². The molecule has 18 heavy (non-hydrogen) atoms. The SMILES string of the molecule is C#CCC(O)c1ccc(OC(F)F)c(OCC)c1. The van der Waals surface area contributed by atoms with E-state index in [0.29, 0.717) is 12.2 Å². The predicted molar refractivity (Wildman–Crippen MR) is 62.7 cm³/mol. The van der Waals surface area contributed by atoms with Crippen molar-refractivity contribution in [2.45, 2.75) is 26.1 Å². The van der Waals surface area contributed by atoms with E-state index >= 15 is 0 Å². The summed E-state index contributed by atoms with van der Waals surface area (Å²) < 4.78 is 33.8. The fourth-order valence-electron chi connectivity index (χ4n) is 1.42. The van der Waals surface area contributed by atoms with Crippen LogP contribution in [-0.4, -0.2) is 18.3 Å². The van der Waals surface area contributed by atoms with E-state index < -0.39 is 12.7 Å². The van der Waals surface area contributed by atoms with Crippen molar-refractivity contribution >= 4 is 0 Å². The highest BCUT2D eigenvalue weighted by Gasteiger charge is 2.14. The van der Waals surface area contributed by atoms with E-state index in [1.165, 1.54) is 18.2 Å². The maximum absolute atomic E-state index is 12.2. The zero-order valence-electron chi connectivity index (χ0n) is 9.90. The third kappa shape index (κ3) is 3.90. The molecule has 0 heterocycles. The summed E-state index contributed by atoms with van der Waals surface area (Å²) in [6.07, 6.45) is 4.38. The average Bonchev–Trinajstić information content (AvgIpc) is 2.31. The van der Waals surface area contributed by atoms with Gasteiger partial charge in [-0.05, 0) is 24.6 Å². The third-order valence-corrected chi connectivity index (χ3v) is 2.18. The fourth-order valence-corrected chi connectivity index (χ4v) is 1.42. The smallest absolute Gasteiger partial charge is 0.387 e. The van der Waals surface area contributed by atoms with E-state index in [9.17, 15) is 13.9 Å². The van der Waals surface area contributed by atoms with E-state index in [2.05, 4.69) is 10.7 Å². The number of aliphatic hydroxyl groups is 1. The first kappa shape index (κ1) is 14.3. The fraction of sp³-hybridized carbons (Fsp3) is 0.385. The highest BCUT2D eigenvalue weighted by atomic mass is 19.3. The van der Waals surface area contributed by atoms with E-state index in [-0.39, 0.29) is 17.9 Å². The first-order valence-electron chi connectivity index (χ1n) is 5.41. The quantitative estimate of drug-likeness (QED) is 0.795. The lowest BCUT2D eigenvalue weighted by molar-refractivity contribution is -0.0514. The molecule has 1 aromatic rings. The van der Waals surface area contributed by atoms with Crippen molar-refractivity contribution in [3.8, 4) is 23.8 Å². The number of rotatable bonds is 6. The highest BCUT2D eigenvalue weighted by molar-refractivity contribution is 5.43. The van der Waals surface area contributed by atoms with E-state index in [4.69, 9.17) is 11.2 Å². The van der Waals surface area contributed by atoms with Gasteiger partial charge in [-0.2, -0.15) is 8.78 Å². The van der Waals surface area contributed by atoms with Gasteiger partial charge >= 0.3 is 6.61 Å². The third-order valence-electron chi connectivity index (χ3n) is 2.18. The van der Waals surface area contributed by atoms with Crippen molar-refractivity contribution in [1.82, 2.24) is 0 Å². The number of hydrogen-bond acceptors (Lipinski definition) is 3. The number of terminal acetylenes is 1. The van der Waals surface area contributed by atoms with Gasteiger partial charge in [0.2, 0.25) is 0 Å². The van der Waals surface area contributed by atoms with Gasteiger partial charge in [-0.15, -0.1) is 12.3 Å². The summed E-state index contributed by atoms with van der Waals surface area (Å²) in [4.78, 5) is 0. The minimum Gasteiger partial charge on any atom is -0.490 e. The van der Waals surface area contributed by atoms with Gasteiger partial charge in [0, 0.05) is 6.42 Å². The van der Waals surface area contributed by atoms with Crippen LogP contribution >= 0.6 is 0 Å². The van der Waals surface area contributed by atoms with Crippen LogP contribution in [0, 0.1) is 12.3 Å². The van der Waals surface area contributed by atoms with Crippen molar-refractivity contribution in [2.75, 3.05) is 6.61 Å². The van der Waals surface area contributed by atoms with Crippen LogP contribution in [-0.2, 0) is 0 Å². The number of aliphatic hydroxyl groups excluding tert-OH is 1. The van der Waals surface area contributed by atoms with E-state index in [1.807, 2.05) is 0 Å². The number of benzene rings is 1. The van der Waals surface area contributed by atoms with Crippen molar-refractivity contribution < 1.29 is 23.4 Å². The van der Waals surface area contributed by atoms with Gasteiger partial charge in [0.25, 0.3) is 0 Å². The second-order valence-electron chi connectivity index (χ2n) is 3.44. The molecule has 0 aliphatic carbocycles. The number of alkyl halides is 2. The van der Waals surface area contributed by atoms with E-state index in [0.717, 1.165) is 0 Å². The summed E-state index contributed by atoms with van der Waals surface area (Å²) in [5.41, 5.74) is 0.498. The van der Waals surface area contributed by atoms with Gasteiger partial charge in [-0.25, -0.2) is 0 Å². The standard InChI is InChI=1S/C13H14F2O3/c1-3-5-10(16)9-6-7-11(18-13(14)15)12(8-9)17-4-2/h1,6-8,10,13,16H,4-5H2,2H3. The zero-order valence-corrected chi connectivity index (χ0v) is 9.90. The number of halogens is 2. The molecule has 0 aromatic heterocycles. The van der Waals surface area contributed by atoms with Crippen molar-refractivity contribution in [3.63, 3.8) is 0 Å². The molecule has 0 saturated carbocycles. The molecule has 98 valence electrons. The molecule has 0 aliphatic rings. The average molecular weight is 256 g/mol. The maximum Gasteiger partial charge on any atom is 0.387 e. The Morgan fingerprint density at radius 2 is 2.11 bits per heavy atom. The van der Waals surface area contributed by atoms with Crippen molar-refractivity contribution in [2.24, 2.45) is 0 Å². The summed E-state index contributed by atoms with van der Waals surface area (Å²) in [6, 6.07) is 4.25. The van der Waals surface area contributed by atoms with Crippen molar-refractivity contribution in [3.05, 3.63) is 23.8 Å². The second kappa shape index (κ2) is 6.82. The zero-order chi connectivity index (χ0) is 13.5. The second-order valence-corrected chi connectivity index (χ2v) is 3.44. The molecule has 1 N–H and O–H groups in total. The van der Waals surface area contributed by atoms with Gasteiger partial charge < -0.3 is 14.6 Å². The lowest BCUT2D eigenvalue weighted by atomic mass is 10.1. The number of hydrogen-bond donors (Lipinski definition) is 1. The summed E-state index contributed by atoms with van der Waals surface area (Å²) in [7, 11) is 0. The summed E-state index contributed by atoms with van der Waals surface area (Å²) >= 11 is 0. The molecule has 0 bridgehead atoms. The normalized spacial score (nSPS) is 12.0. The van der Waals surface area contributed by atoms with Crippen LogP contribution in [0.15, 0.2) is 18.2 Å². The molecular weight excluding hydrogens is 242 g/mol. The van der Waals surface area contributed by atoms with E-state index in [1.54, 1.807) is 6.92 Å². The van der Waals surface area contributed by atoms with Crippen LogP contribution in [0.1, 0.15) is 25.0 Å². The van der Waals surface area contributed by atoms with Crippen molar-refractivity contribution in [1.29, 1.82) is 0 Å². The van der Waals surface area contributed by atoms with Gasteiger partial charge in [0.05, 0.1) is 12.7 Å². The molecular formula is C13H14F2O3. The molecule has 0 fully saturated rings. The summed E-state index contributed by atoms with van der Waals surface area (Å²) in [5.74, 6) is 2.41. The Kier molecular flexibility index (Phi) is 5.40. The molecule has 1 atom stereocenters. The molecule has 0 saturated heterocycles. The monoisotopic (exact) mass is 256 g/mol. The molecule has 1 aromatic carbocycles. The Balaban J connectivity index is 2.99. The van der Waals surface area contributed by atoms with Crippen LogP contribution < -0.4 is 9.47 Å². The van der Waals surface area contributed by atoms with Crippen LogP contribution in [0.25, 0.3) is 0 Å². The Bertz CT molecular complexity index is 427. The minimum atomic E-state index is -2.93. The maximum atomic E-state index is 12.2. The molecule has 0 aliphatic heterocycles. The van der Waals surface area contributed by atoms with Gasteiger partial charge in [0.15, 0.2) is 11.5 Å². The highest BCUT2D eigenvalue weighted by Crippen LogP contribution is 2.32. The van der Waals surface area contributed by atoms with Gasteiger partial charge in [-0.1, -0.05) is 6.07 Å². The first-order valence-corrected chi connectivity index (χ1v) is 5.41. The van der Waals surface area contributed by atoms with Crippen LogP contribution in [0.5, 0.6) is 11.5 Å². The number of ether oxygens (including phenoxy) is 2. The molecule has 0 spiro atoms. The first-order chi connectivity index (χ1) is 8.58. The Labute approximate surface area is 104 Å². The molecule has 1 rings (SSSR count). The Morgan fingerprint density at radius 1 is 1.39 bits per heavy atom. The lowest BCUT2D eigenvalue weighted by Crippen LogP contribution is -2.06. The summed E-state index contributed by atoms with van der Waals surface area (Å²) in [5, 5.41) is 9.70. The van der Waals surface area contributed by atoms with Crippen LogP contribution in [0.4, 0.5) is 8.78 Å². The molecule has 0 radical (unpaired) electrons. The Hall–Kier alpha value is -1.80. The largest absolute Gasteiger partial charge is 0.490 e. The minimum absolute atomic E-state index is 0.0662. The topological polar surface area (TPSA) is 38.7 Å². The Morgan fingerprint density at radius 3 is 2.67 bits per heavy atom. The van der Waals surface area contributed by atoms with Gasteiger partial charge in [0.1, 0.15) is 0 Å². The molecule has 1 unspecified atom stereocenters. The molecule has 5 heteroatoms. The lowest BCUT2D eigenvalue weighted by Gasteiger charge is -2.14. The van der Waals surface area contributed by atoms with Gasteiger partial charge in [-0.3, -0.25) is 0 Å². The predicted octanol–water partition coefficient (Wildman–Crippen LogP) is 2.74.